The molecule has 0 amide bonds. The van der Waals surface area contributed by atoms with E-state index in [9.17, 15) is 5.11 Å². The molecule has 0 aliphatic carbocycles. The van der Waals surface area contributed by atoms with Crippen molar-refractivity contribution < 1.29 is 9.84 Å². The fraction of sp³-hybridized carbons (Fsp3) is 0.500. The average molecular weight is 209 g/mol. The summed E-state index contributed by atoms with van der Waals surface area (Å²) in [5.41, 5.74) is 7.39. The van der Waals surface area contributed by atoms with Crippen LogP contribution in [0.3, 0.4) is 0 Å². The van der Waals surface area contributed by atoms with Crippen LogP contribution in [0.5, 0.6) is 5.75 Å². The predicted octanol–water partition coefficient (Wildman–Crippen LogP) is 1.78. The Morgan fingerprint density at radius 1 is 1.47 bits per heavy atom. The Labute approximate surface area is 90.9 Å². The number of aryl methyl sites for hydroxylation is 1. The van der Waals surface area contributed by atoms with Crippen LogP contribution in [0.25, 0.3) is 0 Å². The molecule has 1 rings (SSSR count). The molecule has 0 heterocycles. The normalized spacial score (nSPS) is 12.5. The molecule has 0 fully saturated rings. The van der Waals surface area contributed by atoms with Gasteiger partial charge < -0.3 is 15.6 Å². The molecule has 1 atom stereocenters. The Morgan fingerprint density at radius 3 is 2.73 bits per heavy atom. The van der Waals surface area contributed by atoms with Gasteiger partial charge in [-0.3, -0.25) is 0 Å². The lowest BCUT2D eigenvalue weighted by atomic mass is 10.0. The number of rotatable bonds is 5. The maximum atomic E-state index is 9.80. The Bertz CT molecular complexity index is 312. The van der Waals surface area contributed by atoms with Gasteiger partial charge in [0.25, 0.3) is 0 Å². The van der Waals surface area contributed by atoms with E-state index in [0.29, 0.717) is 19.6 Å². The largest absolute Gasteiger partial charge is 0.494 e. The zero-order valence-corrected chi connectivity index (χ0v) is 9.36. The maximum absolute atomic E-state index is 9.80. The Kier molecular flexibility index (Phi) is 4.59. The van der Waals surface area contributed by atoms with E-state index in [4.69, 9.17) is 10.5 Å². The second-order valence-electron chi connectivity index (χ2n) is 3.54. The molecule has 15 heavy (non-hydrogen) atoms. The van der Waals surface area contributed by atoms with Gasteiger partial charge in [-0.1, -0.05) is 6.07 Å². The third-order valence-corrected chi connectivity index (χ3v) is 2.35. The molecule has 0 spiro atoms. The van der Waals surface area contributed by atoms with Crippen LogP contribution in [-0.2, 0) is 0 Å². The van der Waals surface area contributed by atoms with Crippen molar-refractivity contribution in [1.29, 1.82) is 0 Å². The van der Waals surface area contributed by atoms with Crippen molar-refractivity contribution in [3.05, 3.63) is 29.3 Å². The van der Waals surface area contributed by atoms with E-state index in [2.05, 4.69) is 0 Å². The van der Waals surface area contributed by atoms with E-state index in [-0.39, 0.29) is 0 Å². The fourth-order valence-corrected chi connectivity index (χ4v) is 1.59. The number of nitrogens with two attached hydrogens (primary N) is 1. The van der Waals surface area contributed by atoms with Crippen molar-refractivity contribution in [2.75, 3.05) is 13.2 Å². The average Bonchev–Trinajstić information content (AvgIpc) is 2.18. The SMILES string of the molecule is CCOc1ccc(C(O)CCN)c(C)c1. The van der Waals surface area contributed by atoms with Crippen LogP contribution >= 0.6 is 0 Å². The molecule has 1 unspecified atom stereocenters. The van der Waals surface area contributed by atoms with E-state index >= 15 is 0 Å². The first-order valence-electron chi connectivity index (χ1n) is 5.30. The van der Waals surface area contributed by atoms with Crippen LogP contribution in [-0.4, -0.2) is 18.3 Å². The maximum Gasteiger partial charge on any atom is 0.119 e. The van der Waals surface area contributed by atoms with E-state index in [1.807, 2.05) is 32.0 Å². The minimum atomic E-state index is -0.467. The van der Waals surface area contributed by atoms with E-state index in [0.717, 1.165) is 16.9 Å². The summed E-state index contributed by atoms with van der Waals surface area (Å²) in [5.74, 6) is 0.846. The second-order valence-corrected chi connectivity index (χ2v) is 3.54. The molecule has 84 valence electrons. The number of hydrogen-bond acceptors (Lipinski definition) is 3. The minimum Gasteiger partial charge on any atom is -0.494 e. The number of benzene rings is 1. The summed E-state index contributed by atoms with van der Waals surface area (Å²) in [6, 6.07) is 5.73. The summed E-state index contributed by atoms with van der Waals surface area (Å²) in [4.78, 5) is 0. The van der Waals surface area contributed by atoms with Gasteiger partial charge >= 0.3 is 0 Å². The topological polar surface area (TPSA) is 55.5 Å². The Balaban J connectivity index is 2.82. The Morgan fingerprint density at radius 2 is 2.20 bits per heavy atom. The highest BCUT2D eigenvalue weighted by Crippen LogP contribution is 2.24. The summed E-state index contributed by atoms with van der Waals surface area (Å²) in [7, 11) is 0. The third-order valence-electron chi connectivity index (χ3n) is 2.35. The van der Waals surface area contributed by atoms with Crippen molar-refractivity contribution in [3.63, 3.8) is 0 Å². The van der Waals surface area contributed by atoms with Crippen LogP contribution in [0.1, 0.15) is 30.6 Å². The van der Waals surface area contributed by atoms with Crippen LogP contribution in [0.15, 0.2) is 18.2 Å². The highest BCUT2D eigenvalue weighted by Gasteiger charge is 2.09. The van der Waals surface area contributed by atoms with E-state index in [1.54, 1.807) is 0 Å². The smallest absolute Gasteiger partial charge is 0.119 e. The first-order chi connectivity index (χ1) is 7.19. The lowest BCUT2D eigenvalue weighted by Gasteiger charge is -2.14. The number of aliphatic hydroxyl groups excluding tert-OH is 1. The lowest BCUT2D eigenvalue weighted by Crippen LogP contribution is -2.08. The molecule has 0 radical (unpaired) electrons. The lowest BCUT2D eigenvalue weighted by molar-refractivity contribution is 0.169. The zero-order chi connectivity index (χ0) is 11.3. The van der Waals surface area contributed by atoms with Gasteiger partial charge in [-0.05, 0) is 50.1 Å². The van der Waals surface area contributed by atoms with Gasteiger partial charge in [0.15, 0.2) is 0 Å². The van der Waals surface area contributed by atoms with Gasteiger partial charge in [0.05, 0.1) is 12.7 Å². The summed E-state index contributed by atoms with van der Waals surface area (Å²) in [6.07, 6.45) is 0.125. The summed E-state index contributed by atoms with van der Waals surface area (Å²) in [5, 5.41) is 9.80. The standard InChI is InChI=1S/C12H19NO2/c1-3-15-10-4-5-11(9(2)8-10)12(14)6-7-13/h4-5,8,12,14H,3,6-7,13H2,1-2H3. The second kappa shape index (κ2) is 5.73. The molecule has 1 aromatic rings. The molecule has 1 aromatic carbocycles. The first-order valence-corrected chi connectivity index (χ1v) is 5.30. The molecular formula is C12H19NO2. The molecule has 3 nitrogen and oxygen atoms in total. The first kappa shape index (κ1) is 12.0. The molecule has 0 aliphatic heterocycles. The van der Waals surface area contributed by atoms with Crippen LogP contribution in [0.2, 0.25) is 0 Å². The van der Waals surface area contributed by atoms with Crippen LogP contribution in [0.4, 0.5) is 0 Å². The molecule has 3 N–H and O–H groups in total. The van der Waals surface area contributed by atoms with Crippen molar-refractivity contribution >= 4 is 0 Å². The highest BCUT2D eigenvalue weighted by molar-refractivity contribution is 5.36. The quantitative estimate of drug-likeness (QED) is 0.777. The monoisotopic (exact) mass is 209 g/mol. The van der Waals surface area contributed by atoms with Gasteiger partial charge in [0, 0.05) is 0 Å². The van der Waals surface area contributed by atoms with Crippen molar-refractivity contribution in [2.45, 2.75) is 26.4 Å². The van der Waals surface area contributed by atoms with Crippen molar-refractivity contribution in [3.8, 4) is 5.75 Å². The van der Waals surface area contributed by atoms with Crippen LogP contribution in [0, 0.1) is 6.92 Å². The molecule has 0 saturated heterocycles. The van der Waals surface area contributed by atoms with E-state index < -0.39 is 6.10 Å². The van der Waals surface area contributed by atoms with Gasteiger partial charge in [-0.2, -0.15) is 0 Å². The summed E-state index contributed by atoms with van der Waals surface area (Å²) < 4.78 is 5.38. The Hall–Kier alpha value is -1.06. The van der Waals surface area contributed by atoms with Gasteiger partial charge in [0.2, 0.25) is 0 Å². The number of hydrogen-bond donors (Lipinski definition) is 2. The van der Waals surface area contributed by atoms with Gasteiger partial charge in [-0.15, -0.1) is 0 Å². The molecule has 0 saturated carbocycles. The van der Waals surface area contributed by atoms with Gasteiger partial charge in [-0.25, -0.2) is 0 Å². The molecule has 0 aliphatic rings. The highest BCUT2D eigenvalue weighted by atomic mass is 16.5. The summed E-state index contributed by atoms with van der Waals surface area (Å²) in [6.45, 7) is 5.07. The molecular weight excluding hydrogens is 190 g/mol. The number of ether oxygens (including phenoxy) is 1. The van der Waals surface area contributed by atoms with E-state index in [1.165, 1.54) is 0 Å². The molecule has 0 bridgehead atoms. The van der Waals surface area contributed by atoms with Crippen molar-refractivity contribution in [1.82, 2.24) is 0 Å². The minimum absolute atomic E-state index is 0.467. The molecule has 0 aromatic heterocycles. The summed E-state index contributed by atoms with van der Waals surface area (Å²) >= 11 is 0. The zero-order valence-electron chi connectivity index (χ0n) is 9.36. The van der Waals surface area contributed by atoms with Gasteiger partial charge in [0.1, 0.15) is 5.75 Å². The predicted molar refractivity (Wildman–Crippen MR) is 61.0 cm³/mol. The number of aliphatic hydroxyl groups is 1. The van der Waals surface area contributed by atoms with Crippen molar-refractivity contribution in [2.24, 2.45) is 5.73 Å². The third kappa shape index (κ3) is 3.22. The van der Waals surface area contributed by atoms with Crippen LogP contribution < -0.4 is 10.5 Å². The fourth-order valence-electron chi connectivity index (χ4n) is 1.59. The molecule has 3 heteroatoms.